The van der Waals surface area contributed by atoms with E-state index in [1.807, 2.05) is 19.1 Å². The Kier molecular flexibility index (Phi) is 4.91. The molecular formula is C11H14BrO. The predicted molar refractivity (Wildman–Crippen MR) is 59.4 cm³/mol. The molecule has 2 heteroatoms. The maximum absolute atomic E-state index is 5.50. The molecule has 0 aliphatic carbocycles. The van der Waals surface area contributed by atoms with Gasteiger partial charge in [0.2, 0.25) is 0 Å². The molecule has 0 fully saturated rings. The van der Waals surface area contributed by atoms with Gasteiger partial charge in [0.05, 0.1) is 6.61 Å². The van der Waals surface area contributed by atoms with E-state index in [9.17, 15) is 0 Å². The highest BCUT2D eigenvalue weighted by atomic mass is 79.9. The average Bonchev–Trinajstić information content (AvgIpc) is 2.19. The van der Waals surface area contributed by atoms with Crippen molar-refractivity contribution in [2.75, 3.05) is 11.9 Å². The zero-order valence-corrected chi connectivity index (χ0v) is 9.38. The summed E-state index contributed by atoms with van der Waals surface area (Å²) in [5.41, 5.74) is 1.23. The van der Waals surface area contributed by atoms with Crippen LogP contribution in [0.5, 0.6) is 5.75 Å². The molecule has 1 nitrogen and oxygen atoms in total. The largest absolute Gasteiger partial charge is 0.494 e. The fourth-order valence-electron chi connectivity index (χ4n) is 1.00. The average molecular weight is 242 g/mol. The van der Waals surface area contributed by atoms with Crippen LogP contribution in [0.4, 0.5) is 0 Å². The van der Waals surface area contributed by atoms with Crippen LogP contribution in [-0.4, -0.2) is 11.9 Å². The van der Waals surface area contributed by atoms with Crippen LogP contribution >= 0.6 is 15.9 Å². The molecule has 1 radical (unpaired) electrons. The molecule has 0 atom stereocenters. The van der Waals surface area contributed by atoms with Gasteiger partial charge in [-0.25, -0.2) is 0 Å². The van der Waals surface area contributed by atoms with Crippen molar-refractivity contribution in [3.8, 4) is 5.75 Å². The lowest BCUT2D eigenvalue weighted by Crippen LogP contribution is -1.97. The second-order valence-corrected chi connectivity index (χ2v) is 3.54. The van der Waals surface area contributed by atoms with Crippen molar-refractivity contribution < 1.29 is 4.74 Å². The van der Waals surface area contributed by atoms with Crippen LogP contribution in [0.3, 0.4) is 0 Å². The zero-order chi connectivity index (χ0) is 9.52. The van der Waals surface area contributed by atoms with E-state index in [4.69, 9.17) is 4.74 Å². The monoisotopic (exact) mass is 241 g/mol. The van der Waals surface area contributed by atoms with Gasteiger partial charge >= 0.3 is 0 Å². The van der Waals surface area contributed by atoms with E-state index in [0.717, 1.165) is 24.1 Å². The van der Waals surface area contributed by atoms with Gasteiger partial charge < -0.3 is 4.74 Å². The summed E-state index contributed by atoms with van der Waals surface area (Å²) in [6.45, 7) is 2.81. The summed E-state index contributed by atoms with van der Waals surface area (Å²) in [7, 11) is 0. The lowest BCUT2D eigenvalue weighted by atomic mass is 10.2. The van der Waals surface area contributed by atoms with Crippen LogP contribution in [0.2, 0.25) is 0 Å². The second kappa shape index (κ2) is 6.03. The summed E-state index contributed by atoms with van der Waals surface area (Å²) in [6, 6.07) is 8.13. The molecule has 0 bridgehead atoms. The van der Waals surface area contributed by atoms with Gasteiger partial charge in [0, 0.05) is 5.33 Å². The van der Waals surface area contributed by atoms with Crippen LogP contribution in [0.1, 0.15) is 18.9 Å². The molecule has 0 amide bonds. The minimum absolute atomic E-state index is 0.778. The molecule has 0 saturated carbocycles. The highest BCUT2D eigenvalue weighted by molar-refractivity contribution is 9.09. The molecule has 1 aromatic carbocycles. The molecule has 0 saturated heterocycles. The standard InChI is InChI=1S/C11H14BrO/c1-2-10-4-6-11(7-5-10)13-9-3-8-12/h2,4-7H,3,8-9H2,1H3. The van der Waals surface area contributed by atoms with E-state index < -0.39 is 0 Å². The van der Waals surface area contributed by atoms with Crippen molar-refractivity contribution in [1.29, 1.82) is 0 Å². The SMILES string of the molecule is C[CH]c1ccc(OCCCBr)cc1. The Morgan fingerprint density at radius 2 is 2.00 bits per heavy atom. The minimum atomic E-state index is 0.778. The summed E-state index contributed by atoms with van der Waals surface area (Å²) in [5, 5.41) is 0.994. The van der Waals surface area contributed by atoms with Crippen LogP contribution in [0.25, 0.3) is 0 Å². The van der Waals surface area contributed by atoms with Gasteiger partial charge in [-0.1, -0.05) is 35.0 Å². The normalized spacial score (nSPS) is 10.0. The van der Waals surface area contributed by atoms with Crippen molar-refractivity contribution in [3.63, 3.8) is 0 Å². The molecule has 0 unspecified atom stereocenters. The Balaban J connectivity index is 2.40. The molecule has 71 valence electrons. The Morgan fingerprint density at radius 1 is 1.31 bits per heavy atom. The Hall–Kier alpha value is -0.500. The van der Waals surface area contributed by atoms with E-state index in [0.29, 0.717) is 0 Å². The van der Waals surface area contributed by atoms with Gasteiger partial charge in [0.1, 0.15) is 5.75 Å². The van der Waals surface area contributed by atoms with Gasteiger partial charge in [-0.3, -0.25) is 0 Å². The van der Waals surface area contributed by atoms with Crippen molar-refractivity contribution >= 4 is 15.9 Å². The zero-order valence-electron chi connectivity index (χ0n) is 7.79. The highest BCUT2D eigenvalue weighted by Crippen LogP contribution is 2.13. The number of hydrogen-bond donors (Lipinski definition) is 0. The lowest BCUT2D eigenvalue weighted by molar-refractivity contribution is 0.319. The van der Waals surface area contributed by atoms with Gasteiger partial charge in [0.15, 0.2) is 0 Å². The molecule has 0 aliphatic heterocycles. The fourth-order valence-corrected chi connectivity index (χ4v) is 1.23. The van der Waals surface area contributed by atoms with Crippen LogP contribution in [0, 0.1) is 6.42 Å². The fraction of sp³-hybridized carbons (Fsp3) is 0.364. The predicted octanol–water partition coefficient (Wildman–Crippen LogP) is 3.42. The molecule has 0 aromatic heterocycles. The number of ether oxygens (including phenoxy) is 1. The van der Waals surface area contributed by atoms with Crippen molar-refractivity contribution in [1.82, 2.24) is 0 Å². The Labute approximate surface area is 88.2 Å². The molecule has 13 heavy (non-hydrogen) atoms. The Bertz CT molecular complexity index is 230. The first-order valence-electron chi connectivity index (χ1n) is 4.45. The third kappa shape index (κ3) is 3.81. The molecule has 0 aliphatic rings. The van der Waals surface area contributed by atoms with Crippen LogP contribution in [-0.2, 0) is 0 Å². The van der Waals surface area contributed by atoms with Crippen LogP contribution < -0.4 is 4.74 Å². The third-order valence-electron chi connectivity index (χ3n) is 1.76. The molecule has 1 aromatic rings. The third-order valence-corrected chi connectivity index (χ3v) is 2.32. The second-order valence-electron chi connectivity index (χ2n) is 2.75. The summed E-state index contributed by atoms with van der Waals surface area (Å²) in [5.74, 6) is 0.951. The van der Waals surface area contributed by atoms with E-state index in [-0.39, 0.29) is 0 Å². The van der Waals surface area contributed by atoms with E-state index in [2.05, 4.69) is 34.5 Å². The number of alkyl halides is 1. The van der Waals surface area contributed by atoms with Crippen LogP contribution in [0.15, 0.2) is 24.3 Å². The Morgan fingerprint density at radius 3 is 2.54 bits per heavy atom. The first-order chi connectivity index (χ1) is 6.36. The number of hydrogen-bond acceptors (Lipinski definition) is 1. The van der Waals surface area contributed by atoms with Crippen molar-refractivity contribution in [3.05, 3.63) is 36.2 Å². The number of halogens is 1. The topological polar surface area (TPSA) is 9.23 Å². The molecule has 0 heterocycles. The number of benzene rings is 1. The maximum atomic E-state index is 5.50. The highest BCUT2D eigenvalue weighted by Gasteiger charge is 1.93. The summed E-state index contributed by atoms with van der Waals surface area (Å²) < 4.78 is 5.50. The minimum Gasteiger partial charge on any atom is -0.494 e. The lowest BCUT2D eigenvalue weighted by Gasteiger charge is -2.04. The molecule has 0 spiro atoms. The summed E-state index contributed by atoms with van der Waals surface area (Å²) in [6.07, 6.45) is 3.11. The maximum Gasteiger partial charge on any atom is 0.119 e. The summed E-state index contributed by atoms with van der Waals surface area (Å²) in [4.78, 5) is 0. The molecule has 0 N–H and O–H groups in total. The van der Waals surface area contributed by atoms with E-state index >= 15 is 0 Å². The van der Waals surface area contributed by atoms with E-state index in [1.54, 1.807) is 0 Å². The van der Waals surface area contributed by atoms with Gasteiger partial charge in [0.25, 0.3) is 0 Å². The number of rotatable bonds is 5. The molecular weight excluding hydrogens is 228 g/mol. The first kappa shape index (κ1) is 10.6. The van der Waals surface area contributed by atoms with Gasteiger partial charge in [-0.05, 0) is 30.5 Å². The summed E-state index contributed by atoms with van der Waals surface area (Å²) >= 11 is 3.36. The van der Waals surface area contributed by atoms with Gasteiger partial charge in [-0.15, -0.1) is 0 Å². The first-order valence-corrected chi connectivity index (χ1v) is 5.57. The van der Waals surface area contributed by atoms with Crippen molar-refractivity contribution in [2.45, 2.75) is 13.3 Å². The van der Waals surface area contributed by atoms with E-state index in [1.165, 1.54) is 5.56 Å². The van der Waals surface area contributed by atoms with Gasteiger partial charge in [-0.2, -0.15) is 0 Å². The van der Waals surface area contributed by atoms with Crippen molar-refractivity contribution in [2.24, 2.45) is 0 Å². The smallest absolute Gasteiger partial charge is 0.119 e. The molecule has 1 rings (SSSR count). The quantitative estimate of drug-likeness (QED) is 0.567.